The summed E-state index contributed by atoms with van der Waals surface area (Å²) in [4.78, 5) is 0. The fourth-order valence-electron chi connectivity index (χ4n) is 2.83. The van der Waals surface area contributed by atoms with Crippen LogP contribution in [0.3, 0.4) is 0 Å². The van der Waals surface area contributed by atoms with Gasteiger partial charge >= 0.3 is 10.2 Å². The van der Waals surface area contributed by atoms with Gasteiger partial charge in [-0.15, -0.1) is 0 Å². The molecule has 0 saturated carbocycles. The van der Waals surface area contributed by atoms with Gasteiger partial charge in [-0.1, -0.05) is 24.1 Å². The van der Waals surface area contributed by atoms with E-state index in [1.165, 1.54) is 4.31 Å². The summed E-state index contributed by atoms with van der Waals surface area (Å²) in [5.41, 5.74) is 7.59. The predicted molar refractivity (Wildman–Crippen MR) is 86.5 cm³/mol. The first-order valence-electron chi connectivity index (χ1n) is 7.57. The topological polar surface area (TPSA) is 66.6 Å². The molecule has 1 fully saturated rings. The molecule has 0 aliphatic carbocycles. The van der Waals surface area contributed by atoms with Gasteiger partial charge in [0.2, 0.25) is 0 Å². The minimum Gasteiger partial charge on any atom is -0.329 e. The summed E-state index contributed by atoms with van der Waals surface area (Å²) < 4.78 is 29.0. The van der Waals surface area contributed by atoms with Crippen molar-refractivity contribution in [3.05, 3.63) is 29.8 Å². The van der Waals surface area contributed by atoms with E-state index in [0.29, 0.717) is 25.3 Å². The second-order valence-electron chi connectivity index (χ2n) is 5.50. The first kappa shape index (κ1) is 16.3. The van der Waals surface area contributed by atoms with Crippen molar-refractivity contribution in [1.29, 1.82) is 0 Å². The van der Waals surface area contributed by atoms with Crippen molar-refractivity contribution in [3.63, 3.8) is 0 Å². The summed E-state index contributed by atoms with van der Waals surface area (Å²) in [6, 6.07) is 7.51. The molecule has 0 radical (unpaired) electrons. The number of anilines is 1. The van der Waals surface area contributed by atoms with Crippen LogP contribution in [0.5, 0.6) is 0 Å². The highest BCUT2D eigenvalue weighted by molar-refractivity contribution is 7.90. The molecule has 1 aromatic rings. The summed E-state index contributed by atoms with van der Waals surface area (Å²) in [7, 11) is -3.51. The summed E-state index contributed by atoms with van der Waals surface area (Å²) in [6.45, 7) is 5.21. The predicted octanol–water partition coefficient (Wildman–Crippen LogP) is 1.88. The van der Waals surface area contributed by atoms with Gasteiger partial charge in [0.05, 0.1) is 5.69 Å². The maximum absolute atomic E-state index is 13.0. The molecule has 21 heavy (non-hydrogen) atoms. The minimum absolute atomic E-state index is 0.0803. The van der Waals surface area contributed by atoms with E-state index in [9.17, 15) is 8.42 Å². The van der Waals surface area contributed by atoms with Gasteiger partial charge in [0, 0.05) is 25.7 Å². The lowest BCUT2D eigenvalue weighted by Crippen LogP contribution is -2.53. The van der Waals surface area contributed by atoms with E-state index in [0.717, 1.165) is 24.8 Å². The molecule has 6 heteroatoms. The van der Waals surface area contributed by atoms with E-state index in [2.05, 4.69) is 0 Å². The molecule has 0 spiro atoms. The average molecular weight is 311 g/mol. The van der Waals surface area contributed by atoms with Gasteiger partial charge in [-0.05, 0) is 38.8 Å². The Hall–Kier alpha value is -1.11. The second-order valence-corrected chi connectivity index (χ2v) is 7.31. The molecular weight excluding hydrogens is 286 g/mol. The standard InChI is InChI=1S/C15H25N3O2S/c1-3-17(14-9-7-13(2)8-10-14)21(19,20)18-11-5-4-6-15(18)12-16/h7-10,15H,3-6,11-12,16H2,1-2H3. The van der Waals surface area contributed by atoms with Crippen LogP contribution >= 0.6 is 0 Å². The van der Waals surface area contributed by atoms with Crippen LogP contribution in [0.4, 0.5) is 5.69 Å². The van der Waals surface area contributed by atoms with Crippen LogP contribution in [-0.4, -0.2) is 38.4 Å². The lowest BCUT2D eigenvalue weighted by Gasteiger charge is -2.37. The third kappa shape index (κ3) is 3.39. The number of benzene rings is 1. The summed E-state index contributed by atoms with van der Waals surface area (Å²) >= 11 is 0. The molecule has 2 rings (SSSR count). The van der Waals surface area contributed by atoms with Gasteiger partial charge in [0.25, 0.3) is 0 Å². The van der Waals surface area contributed by atoms with Crippen LogP contribution in [0.25, 0.3) is 0 Å². The Morgan fingerprint density at radius 1 is 1.29 bits per heavy atom. The van der Waals surface area contributed by atoms with Crippen molar-refractivity contribution >= 4 is 15.9 Å². The third-order valence-electron chi connectivity index (χ3n) is 4.03. The number of nitrogens with two attached hydrogens (primary N) is 1. The molecule has 1 saturated heterocycles. The third-order valence-corrected chi connectivity index (χ3v) is 6.13. The molecule has 1 aliphatic rings. The highest BCUT2D eigenvalue weighted by Crippen LogP contribution is 2.26. The SMILES string of the molecule is CCN(c1ccc(C)cc1)S(=O)(=O)N1CCCCC1CN. The zero-order chi connectivity index (χ0) is 15.5. The summed E-state index contributed by atoms with van der Waals surface area (Å²) in [5, 5.41) is 0. The van der Waals surface area contributed by atoms with Crippen LogP contribution in [0.15, 0.2) is 24.3 Å². The number of rotatable bonds is 5. The molecule has 1 heterocycles. The summed E-state index contributed by atoms with van der Waals surface area (Å²) in [6.07, 6.45) is 2.80. The quantitative estimate of drug-likeness (QED) is 0.903. The van der Waals surface area contributed by atoms with E-state index in [-0.39, 0.29) is 6.04 Å². The van der Waals surface area contributed by atoms with Crippen LogP contribution in [0, 0.1) is 6.92 Å². The first-order valence-corrected chi connectivity index (χ1v) is 8.96. The molecule has 0 amide bonds. The van der Waals surface area contributed by atoms with Crippen LogP contribution in [0.2, 0.25) is 0 Å². The molecular formula is C15H25N3O2S. The van der Waals surface area contributed by atoms with Crippen LogP contribution < -0.4 is 10.0 Å². The Labute approximate surface area is 127 Å². The smallest absolute Gasteiger partial charge is 0.304 e. The number of hydrogen-bond acceptors (Lipinski definition) is 3. The zero-order valence-corrected chi connectivity index (χ0v) is 13.6. The van der Waals surface area contributed by atoms with E-state index in [1.807, 2.05) is 38.1 Å². The van der Waals surface area contributed by atoms with E-state index in [4.69, 9.17) is 5.73 Å². The monoisotopic (exact) mass is 311 g/mol. The number of piperidine rings is 1. The maximum atomic E-state index is 13.0. The Bertz CT molecular complexity index is 557. The molecule has 0 bridgehead atoms. The molecule has 5 nitrogen and oxygen atoms in total. The van der Waals surface area contributed by atoms with Gasteiger partial charge in [0.15, 0.2) is 0 Å². The van der Waals surface area contributed by atoms with E-state index < -0.39 is 10.2 Å². The molecule has 0 aromatic heterocycles. The minimum atomic E-state index is -3.51. The molecule has 118 valence electrons. The fourth-order valence-corrected chi connectivity index (χ4v) is 4.73. The van der Waals surface area contributed by atoms with Gasteiger partial charge < -0.3 is 5.73 Å². The number of hydrogen-bond donors (Lipinski definition) is 1. The molecule has 1 unspecified atom stereocenters. The fraction of sp³-hybridized carbons (Fsp3) is 0.600. The van der Waals surface area contributed by atoms with Crippen LogP contribution in [-0.2, 0) is 10.2 Å². The Balaban J connectivity index is 2.32. The molecule has 1 aliphatic heterocycles. The van der Waals surface area contributed by atoms with Gasteiger partial charge in [0.1, 0.15) is 0 Å². The number of aryl methyl sites for hydroxylation is 1. The molecule has 1 aromatic carbocycles. The maximum Gasteiger partial charge on any atom is 0.304 e. The van der Waals surface area contributed by atoms with Crippen molar-refractivity contribution in [2.75, 3.05) is 23.9 Å². The Morgan fingerprint density at radius 2 is 1.95 bits per heavy atom. The van der Waals surface area contributed by atoms with Gasteiger partial charge in [-0.3, -0.25) is 4.31 Å². The highest BCUT2D eigenvalue weighted by atomic mass is 32.2. The summed E-state index contributed by atoms with van der Waals surface area (Å²) in [5.74, 6) is 0. The second kappa shape index (κ2) is 6.77. The number of nitrogens with zero attached hydrogens (tertiary/aromatic N) is 2. The van der Waals surface area contributed by atoms with Crippen molar-refractivity contribution in [1.82, 2.24) is 4.31 Å². The van der Waals surface area contributed by atoms with Crippen molar-refractivity contribution < 1.29 is 8.42 Å². The normalized spacial score (nSPS) is 20.4. The van der Waals surface area contributed by atoms with E-state index in [1.54, 1.807) is 4.31 Å². The Morgan fingerprint density at radius 3 is 2.52 bits per heavy atom. The van der Waals surface area contributed by atoms with Crippen LogP contribution in [0.1, 0.15) is 31.7 Å². The zero-order valence-electron chi connectivity index (χ0n) is 12.8. The molecule has 1 atom stereocenters. The average Bonchev–Trinajstić information content (AvgIpc) is 2.49. The van der Waals surface area contributed by atoms with Gasteiger partial charge in [-0.2, -0.15) is 12.7 Å². The van der Waals surface area contributed by atoms with Crippen molar-refractivity contribution in [2.45, 2.75) is 39.2 Å². The molecule has 2 N–H and O–H groups in total. The van der Waals surface area contributed by atoms with E-state index >= 15 is 0 Å². The first-order chi connectivity index (χ1) is 10.0. The largest absolute Gasteiger partial charge is 0.329 e. The van der Waals surface area contributed by atoms with Crippen molar-refractivity contribution in [2.24, 2.45) is 5.73 Å². The Kier molecular flexibility index (Phi) is 5.24. The lowest BCUT2D eigenvalue weighted by atomic mass is 10.1. The van der Waals surface area contributed by atoms with Crippen molar-refractivity contribution in [3.8, 4) is 0 Å². The lowest BCUT2D eigenvalue weighted by molar-refractivity contribution is 0.257. The van der Waals surface area contributed by atoms with Gasteiger partial charge in [-0.25, -0.2) is 0 Å². The highest BCUT2D eigenvalue weighted by Gasteiger charge is 2.35.